The zero-order chi connectivity index (χ0) is 20.8. The number of ether oxygens (including phenoxy) is 1. The lowest BCUT2D eigenvalue weighted by molar-refractivity contribution is 0.415. The second kappa shape index (κ2) is 9.83. The van der Waals surface area contributed by atoms with E-state index in [0.717, 1.165) is 73.1 Å². The number of hydrogen-bond acceptors (Lipinski definition) is 5. The Morgan fingerprint density at radius 2 is 1.86 bits per heavy atom. The summed E-state index contributed by atoms with van der Waals surface area (Å²) >= 11 is 6.49. The fourth-order valence-corrected chi connectivity index (χ4v) is 3.80. The number of hydrogen-bond donors (Lipinski definition) is 1. The minimum Gasteiger partial charge on any atom is -0.497 e. The van der Waals surface area contributed by atoms with Gasteiger partial charge >= 0.3 is 0 Å². The molecule has 0 aliphatic heterocycles. The van der Waals surface area contributed by atoms with Crippen LogP contribution >= 0.6 is 11.6 Å². The van der Waals surface area contributed by atoms with Gasteiger partial charge in [-0.05, 0) is 31.4 Å². The maximum Gasteiger partial charge on any atom is 0.159 e. The summed E-state index contributed by atoms with van der Waals surface area (Å²) in [4.78, 5) is 7.29. The minimum atomic E-state index is 0.600. The second-order valence-electron chi connectivity index (χ2n) is 7.07. The van der Waals surface area contributed by atoms with Crippen LogP contribution in [0.4, 0.5) is 17.3 Å². The fourth-order valence-electron chi connectivity index (χ4n) is 3.58. The molecule has 3 aromatic rings. The highest BCUT2D eigenvalue weighted by Crippen LogP contribution is 2.34. The van der Waals surface area contributed by atoms with Crippen molar-refractivity contribution in [2.45, 2.75) is 46.5 Å². The molecular weight excluding hydrogens is 386 g/mol. The quantitative estimate of drug-likeness (QED) is 0.459. The van der Waals surface area contributed by atoms with Crippen LogP contribution in [0, 0.1) is 0 Å². The van der Waals surface area contributed by atoms with Gasteiger partial charge in [-0.1, -0.05) is 38.8 Å². The SMILES string of the molecule is CCCc1c(Nc2ccc(OC)cc2Cl)nc2ccnn2c1N(CCC)CCC. The Bertz CT molecular complexity index is 950. The van der Waals surface area contributed by atoms with Gasteiger partial charge in [-0.3, -0.25) is 0 Å². The molecule has 7 heteroatoms. The van der Waals surface area contributed by atoms with Crippen LogP contribution in [0.2, 0.25) is 5.02 Å². The van der Waals surface area contributed by atoms with E-state index in [9.17, 15) is 0 Å². The van der Waals surface area contributed by atoms with Crippen molar-refractivity contribution in [2.24, 2.45) is 0 Å². The van der Waals surface area contributed by atoms with Crippen LogP contribution < -0.4 is 15.0 Å². The van der Waals surface area contributed by atoms with Gasteiger partial charge < -0.3 is 15.0 Å². The van der Waals surface area contributed by atoms with Crippen LogP contribution in [0.3, 0.4) is 0 Å². The van der Waals surface area contributed by atoms with Crippen LogP contribution in [0.1, 0.15) is 45.6 Å². The molecule has 0 aliphatic rings. The molecule has 0 amide bonds. The standard InChI is InChI=1S/C22H30ClN5O/c1-5-8-17-21(25-19-10-9-16(29-4)15-18(19)23)26-20-11-12-24-28(20)22(17)27(13-6-2)14-7-3/h9-12,15H,5-8,13-14H2,1-4H3,(H,25,26). The first kappa shape index (κ1) is 21.2. The van der Waals surface area contributed by atoms with E-state index in [2.05, 4.69) is 36.1 Å². The fraction of sp³-hybridized carbons (Fsp3) is 0.455. The maximum atomic E-state index is 6.49. The van der Waals surface area contributed by atoms with E-state index in [1.54, 1.807) is 7.11 Å². The highest BCUT2D eigenvalue weighted by molar-refractivity contribution is 6.33. The summed E-state index contributed by atoms with van der Waals surface area (Å²) in [5, 5.41) is 8.65. The van der Waals surface area contributed by atoms with Crippen molar-refractivity contribution in [3.05, 3.63) is 41.0 Å². The Hall–Kier alpha value is -2.47. The van der Waals surface area contributed by atoms with Gasteiger partial charge in [0.05, 0.1) is 24.0 Å². The highest BCUT2D eigenvalue weighted by atomic mass is 35.5. The molecule has 1 aromatic carbocycles. The Morgan fingerprint density at radius 1 is 1.10 bits per heavy atom. The molecule has 0 saturated carbocycles. The molecule has 0 saturated heterocycles. The van der Waals surface area contributed by atoms with Crippen LogP contribution in [0.25, 0.3) is 5.65 Å². The van der Waals surface area contributed by atoms with Crippen molar-refractivity contribution < 1.29 is 4.74 Å². The number of benzene rings is 1. The van der Waals surface area contributed by atoms with E-state index in [4.69, 9.17) is 21.3 Å². The van der Waals surface area contributed by atoms with Gasteiger partial charge in [-0.25, -0.2) is 4.98 Å². The molecule has 1 N–H and O–H groups in total. The van der Waals surface area contributed by atoms with E-state index < -0.39 is 0 Å². The summed E-state index contributed by atoms with van der Waals surface area (Å²) in [7, 11) is 1.63. The summed E-state index contributed by atoms with van der Waals surface area (Å²) in [6.45, 7) is 8.56. The topological polar surface area (TPSA) is 54.7 Å². The number of nitrogens with zero attached hydrogens (tertiary/aromatic N) is 4. The van der Waals surface area contributed by atoms with Crippen molar-refractivity contribution >= 4 is 34.6 Å². The van der Waals surface area contributed by atoms with Gasteiger partial charge in [0.1, 0.15) is 17.4 Å². The molecule has 29 heavy (non-hydrogen) atoms. The van der Waals surface area contributed by atoms with Gasteiger partial charge in [0.15, 0.2) is 5.65 Å². The number of methoxy groups -OCH3 is 1. The molecule has 0 aliphatic carbocycles. The molecule has 3 rings (SSSR count). The number of aromatic nitrogens is 3. The number of halogens is 1. The van der Waals surface area contributed by atoms with Crippen molar-refractivity contribution in [3.8, 4) is 5.75 Å². The molecule has 6 nitrogen and oxygen atoms in total. The molecule has 0 atom stereocenters. The monoisotopic (exact) mass is 415 g/mol. The lowest BCUT2D eigenvalue weighted by atomic mass is 10.1. The molecule has 0 unspecified atom stereocenters. The van der Waals surface area contributed by atoms with Gasteiger partial charge in [-0.2, -0.15) is 9.61 Å². The average Bonchev–Trinajstić information content (AvgIpc) is 3.18. The molecule has 2 heterocycles. The first-order valence-corrected chi connectivity index (χ1v) is 10.7. The maximum absolute atomic E-state index is 6.49. The van der Waals surface area contributed by atoms with Gasteiger partial charge in [0, 0.05) is 30.8 Å². The predicted octanol–water partition coefficient (Wildman–Crippen LogP) is 5.71. The van der Waals surface area contributed by atoms with E-state index in [1.807, 2.05) is 35.0 Å². The number of anilines is 3. The molecule has 0 bridgehead atoms. The van der Waals surface area contributed by atoms with E-state index in [0.29, 0.717) is 5.02 Å². The molecular formula is C22H30ClN5O. The van der Waals surface area contributed by atoms with E-state index >= 15 is 0 Å². The third kappa shape index (κ3) is 4.58. The zero-order valence-corrected chi connectivity index (χ0v) is 18.5. The van der Waals surface area contributed by atoms with Crippen LogP contribution in [-0.2, 0) is 6.42 Å². The summed E-state index contributed by atoms with van der Waals surface area (Å²) in [5.41, 5.74) is 2.80. The van der Waals surface area contributed by atoms with Crippen LogP contribution in [0.5, 0.6) is 5.75 Å². The summed E-state index contributed by atoms with van der Waals surface area (Å²) in [6.07, 6.45) is 5.87. The number of rotatable bonds is 10. The van der Waals surface area contributed by atoms with Gasteiger partial charge in [0.2, 0.25) is 0 Å². The first-order chi connectivity index (χ1) is 14.1. The molecule has 0 spiro atoms. The number of nitrogens with one attached hydrogen (secondary N) is 1. The Morgan fingerprint density at radius 3 is 2.48 bits per heavy atom. The summed E-state index contributed by atoms with van der Waals surface area (Å²) in [6, 6.07) is 7.57. The normalized spacial score (nSPS) is 11.1. The lowest BCUT2D eigenvalue weighted by Crippen LogP contribution is -2.29. The lowest BCUT2D eigenvalue weighted by Gasteiger charge is -2.28. The average molecular weight is 416 g/mol. The summed E-state index contributed by atoms with van der Waals surface area (Å²) < 4.78 is 7.24. The second-order valence-corrected chi connectivity index (χ2v) is 7.48. The minimum absolute atomic E-state index is 0.600. The van der Waals surface area contributed by atoms with Crippen molar-refractivity contribution in [1.29, 1.82) is 0 Å². The van der Waals surface area contributed by atoms with Crippen molar-refractivity contribution in [2.75, 3.05) is 30.4 Å². The van der Waals surface area contributed by atoms with Crippen LogP contribution in [-0.4, -0.2) is 34.8 Å². The molecule has 0 fully saturated rings. The third-order valence-electron chi connectivity index (χ3n) is 4.82. The van der Waals surface area contributed by atoms with Crippen molar-refractivity contribution in [3.63, 3.8) is 0 Å². The smallest absolute Gasteiger partial charge is 0.159 e. The Kier molecular flexibility index (Phi) is 7.20. The van der Waals surface area contributed by atoms with Crippen molar-refractivity contribution in [1.82, 2.24) is 14.6 Å². The molecule has 0 radical (unpaired) electrons. The Balaban J connectivity index is 2.14. The summed E-state index contributed by atoms with van der Waals surface area (Å²) in [5.74, 6) is 2.68. The highest BCUT2D eigenvalue weighted by Gasteiger charge is 2.21. The molecule has 2 aromatic heterocycles. The largest absolute Gasteiger partial charge is 0.497 e. The molecule has 156 valence electrons. The third-order valence-corrected chi connectivity index (χ3v) is 5.13. The zero-order valence-electron chi connectivity index (χ0n) is 17.7. The number of fused-ring (bicyclic) bond motifs is 1. The Labute approximate surface area is 177 Å². The van der Waals surface area contributed by atoms with E-state index in [1.165, 1.54) is 0 Å². The van der Waals surface area contributed by atoms with Gasteiger partial charge in [0.25, 0.3) is 0 Å². The van der Waals surface area contributed by atoms with E-state index in [-0.39, 0.29) is 0 Å². The predicted molar refractivity (Wildman–Crippen MR) is 121 cm³/mol. The van der Waals surface area contributed by atoms with Gasteiger partial charge in [-0.15, -0.1) is 0 Å². The van der Waals surface area contributed by atoms with Crippen LogP contribution in [0.15, 0.2) is 30.5 Å². The first-order valence-electron chi connectivity index (χ1n) is 10.3.